The van der Waals surface area contributed by atoms with E-state index in [1.54, 1.807) is 4.90 Å². The average molecular weight is 477 g/mol. The number of aromatic nitrogens is 1. The van der Waals surface area contributed by atoms with Crippen molar-refractivity contribution in [3.63, 3.8) is 0 Å². The normalized spacial score (nSPS) is 17.4. The van der Waals surface area contributed by atoms with Crippen LogP contribution in [0.4, 0.5) is 9.93 Å². The van der Waals surface area contributed by atoms with Gasteiger partial charge in [-0.2, -0.15) is 0 Å². The summed E-state index contributed by atoms with van der Waals surface area (Å²) < 4.78 is 1.03. The van der Waals surface area contributed by atoms with Crippen molar-refractivity contribution in [2.75, 3.05) is 11.4 Å². The van der Waals surface area contributed by atoms with Crippen molar-refractivity contribution in [2.45, 2.75) is 58.0 Å². The van der Waals surface area contributed by atoms with Crippen molar-refractivity contribution in [3.8, 4) is 0 Å². The van der Waals surface area contributed by atoms with Crippen molar-refractivity contribution in [1.82, 2.24) is 15.2 Å². The average Bonchev–Trinajstić information content (AvgIpc) is 3.33. The Balaban J connectivity index is 1.46. The topological polar surface area (TPSA) is 82.6 Å². The number of carbonyl (C=O) groups excluding carboxylic acids is 3. The van der Waals surface area contributed by atoms with E-state index in [-0.39, 0.29) is 18.4 Å². The van der Waals surface area contributed by atoms with Crippen LogP contribution in [0.2, 0.25) is 0 Å². The number of hydrogen-bond donors (Lipinski definition) is 1. The summed E-state index contributed by atoms with van der Waals surface area (Å²) in [4.78, 5) is 47.0. The fraction of sp³-hybridized carbons (Fsp3) is 0.385. The maximum absolute atomic E-state index is 13.6. The van der Waals surface area contributed by atoms with E-state index in [9.17, 15) is 14.4 Å². The number of benzene rings is 2. The van der Waals surface area contributed by atoms with Crippen LogP contribution in [0.3, 0.4) is 0 Å². The zero-order valence-corrected chi connectivity index (χ0v) is 20.3. The molecule has 4 amide bonds. The molecule has 0 radical (unpaired) electrons. The summed E-state index contributed by atoms with van der Waals surface area (Å²) in [5, 5.41) is 3.46. The van der Waals surface area contributed by atoms with Crippen LogP contribution in [0.15, 0.2) is 42.5 Å². The Morgan fingerprint density at radius 3 is 2.59 bits per heavy atom. The van der Waals surface area contributed by atoms with Crippen LogP contribution in [0.1, 0.15) is 48.8 Å². The molecule has 34 heavy (non-hydrogen) atoms. The highest BCUT2D eigenvalue weighted by Gasteiger charge is 2.51. The molecule has 1 N–H and O–H groups in total. The third-order valence-electron chi connectivity index (χ3n) is 6.77. The molecular weight excluding hydrogens is 448 g/mol. The van der Waals surface area contributed by atoms with Gasteiger partial charge in [-0.25, -0.2) is 9.78 Å². The van der Waals surface area contributed by atoms with Crippen LogP contribution in [-0.4, -0.2) is 39.8 Å². The largest absolute Gasteiger partial charge is 0.325 e. The zero-order valence-electron chi connectivity index (χ0n) is 19.5. The second-order valence-electron chi connectivity index (χ2n) is 9.36. The first-order chi connectivity index (χ1) is 16.4. The summed E-state index contributed by atoms with van der Waals surface area (Å²) in [6.07, 6.45) is 4.13. The Morgan fingerprint density at radius 2 is 1.85 bits per heavy atom. The van der Waals surface area contributed by atoms with Gasteiger partial charge in [-0.3, -0.25) is 19.4 Å². The van der Waals surface area contributed by atoms with Gasteiger partial charge in [0.2, 0.25) is 5.91 Å². The van der Waals surface area contributed by atoms with E-state index < -0.39 is 11.6 Å². The third kappa shape index (κ3) is 4.07. The fourth-order valence-electron chi connectivity index (χ4n) is 5.04. The van der Waals surface area contributed by atoms with Crippen LogP contribution in [0.5, 0.6) is 0 Å². The SMILES string of the molecule is Cc1cc(C)c2sc(N(Cc3ccccc3)C(=O)CN3C(=O)NC4(CCCCC4)C3=O)nc2c1. The highest BCUT2D eigenvalue weighted by atomic mass is 32.1. The molecule has 1 spiro atoms. The summed E-state index contributed by atoms with van der Waals surface area (Å²) in [5.41, 5.74) is 3.17. The minimum Gasteiger partial charge on any atom is -0.323 e. The highest BCUT2D eigenvalue weighted by Crippen LogP contribution is 2.35. The molecule has 0 bridgehead atoms. The van der Waals surface area contributed by atoms with E-state index in [2.05, 4.69) is 11.4 Å². The number of carbonyl (C=O) groups is 3. The second kappa shape index (κ2) is 8.83. The molecule has 2 aromatic carbocycles. The lowest BCUT2D eigenvalue weighted by atomic mass is 9.82. The molecule has 1 saturated heterocycles. The zero-order chi connectivity index (χ0) is 23.9. The van der Waals surface area contributed by atoms with Gasteiger partial charge in [0.1, 0.15) is 12.1 Å². The Labute approximate surface area is 202 Å². The number of hydrogen-bond acceptors (Lipinski definition) is 5. The fourth-order valence-corrected chi connectivity index (χ4v) is 6.08. The Kier molecular flexibility index (Phi) is 5.85. The van der Waals surface area contributed by atoms with Crippen molar-refractivity contribution in [1.29, 1.82) is 0 Å². The first-order valence-corrected chi connectivity index (χ1v) is 12.5. The van der Waals surface area contributed by atoms with E-state index in [0.29, 0.717) is 24.5 Å². The van der Waals surface area contributed by atoms with Gasteiger partial charge in [0, 0.05) is 0 Å². The van der Waals surface area contributed by atoms with Gasteiger partial charge in [-0.15, -0.1) is 0 Å². The maximum atomic E-state index is 13.6. The van der Waals surface area contributed by atoms with Gasteiger partial charge < -0.3 is 5.32 Å². The number of thiazole rings is 1. The number of imide groups is 1. The van der Waals surface area contributed by atoms with Crippen molar-refractivity contribution in [2.24, 2.45) is 0 Å². The molecule has 1 aliphatic heterocycles. The quantitative estimate of drug-likeness (QED) is 0.541. The van der Waals surface area contributed by atoms with E-state index in [4.69, 9.17) is 4.98 Å². The Bertz CT molecular complexity index is 1260. The number of aryl methyl sites for hydroxylation is 2. The maximum Gasteiger partial charge on any atom is 0.325 e. The van der Waals surface area contributed by atoms with E-state index in [0.717, 1.165) is 51.1 Å². The molecule has 7 nitrogen and oxygen atoms in total. The number of nitrogens with zero attached hydrogens (tertiary/aromatic N) is 3. The number of rotatable bonds is 5. The van der Waals surface area contributed by atoms with Gasteiger partial charge in [0.05, 0.1) is 16.8 Å². The Hall–Kier alpha value is -3.26. The number of amides is 4. The number of fused-ring (bicyclic) bond motifs is 1. The summed E-state index contributed by atoms with van der Waals surface area (Å²) in [6, 6.07) is 13.3. The van der Waals surface area contributed by atoms with Crippen LogP contribution >= 0.6 is 11.3 Å². The molecule has 1 saturated carbocycles. The molecule has 176 valence electrons. The van der Waals surface area contributed by atoms with Crippen LogP contribution < -0.4 is 10.2 Å². The monoisotopic (exact) mass is 476 g/mol. The number of anilines is 1. The molecule has 5 rings (SSSR count). The predicted molar refractivity (Wildman–Crippen MR) is 133 cm³/mol. The molecule has 8 heteroatoms. The van der Waals surface area contributed by atoms with Crippen molar-refractivity contribution < 1.29 is 14.4 Å². The summed E-state index contributed by atoms with van der Waals surface area (Å²) >= 11 is 1.46. The van der Waals surface area contributed by atoms with E-state index in [1.165, 1.54) is 11.3 Å². The number of urea groups is 1. The first kappa shape index (κ1) is 22.5. The lowest BCUT2D eigenvalue weighted by Gasteiger charge is -2.30. The van der Waals surface area contributed by atoms with Gasteiger partial charge in [-0.1, -0.05) is 67.0 Å². The van der Waals surface area contributed by atoms with Crippen molar-refractivity contribution in [3.05, 3.63) is 59.2 Å². The third-order valence-corrected chi connectivity index (χ3v) is 8.00. The van der Waals surface area contributed by atoms with Crippen LogP contribution in [-0.2, 0) is 16.1 Å². The standard InChI is InChI=1S/C26H28N4O3S/c1-17-13-18(2)22-20(14-17)27-25(34-22)29(15-19-9-5-3-6-10-19)21(31)16-30-23(32)26(28-24(30)33)11-7-4-8-12-26/h3,5-6,9-10,13-14H,4,7-8,11-12,15-16H2,1-2H3,(H,28,33). The van der Waals surface area contributed by atoms with Crippen molar-refractivity contribution >= 4 is 44.5 Å². The van der Waals surface area contributed by atoms with Crippen LogP contribution in [0.25, 0.3) is 10.2 Å². The minimum atomic E-state index is -0.843. The lowest BCUT2D eigenvalue weighted by molar-refractivity contribution is -0.135. The summed E-state index contributed by atoms with van der Waals surface area (Å²) in [5.74, 6) is -0.602. The van der Waals surface area contributed by atoms with Crippen LogP contribution in [0, 0.1) is 13.8 Å². The summed E-state index contributed by atoms with van der Waals surface area (Å²) in [7, 11) is 0. The highest BCUT2D eigenvalue weighted by molar-refractivity contribution is 7.22. The molecular formula is C26H28N4O3S. The minimum absolute atomic E-state index is 0.277. The molecule has 0 unspecified atom stereocenters. The molecule has 1 aliphatic carbocycles. The molecule has 2 aliphatic rings. The van der Waals surface area contributed by atoms with E-state index >= 15 is 0 Å². The summed E-state index contributed by atoms with van der Waals surface area (Å²) in [6.45, 7) is 4.08. The smallest absolute Gasteiger partial charge is 0.323 e. The van der Waals surface area contributed by atoms with Gasteiger partial charge in [-0.05, 0) is 49.4 Å². The van der Waals surface area contributed by atoms with E-state index in [1.807, 2.05) is 50.2 Å². The molecule has 2 heterocycles. The lowest BCUT2D eigenvalue weighted by Crippen LogP contribution is -2.49. The molecule has 2 fully saturated rings. The molecule has 1 aromatic heterocycles. The Morgan fingerprint density at radius 1 is 1.12 bits per heavy atom. The molecule has 0 atom stereocenters. The van der Waals surface area contributed by atoms with Gasteiger partial charge in [0.25, 0.3) is 5.91 Å². The van der Waals surface area contributed by atoms with Gasteiger partial charge in [0.15, 0.2) is 5.13 Å². The molecule has 3 aromatic rings. The van der Waals surface area contributed by atoms with Gasteiger partial charge >= 0.3 is 6.03 Å². The number of nitrogens with one attached hydrogen (secondary N) is 1. The predicted octanol–water partition coefficient (Wildman–Crippen LogP) is 4.70. The first-order valence-electron chi connectivity index (χ1n) is 11.7. The second-order valence-corrected chi connectivity index (χ2v) is 10.3.